The van der Waals surface area contributed by atoms with Crippen LogP contribution in [0.2, 0.25) is 0 Å². The number of unbranched alkanes of at least 4 members (excludes halogenated alkanes) is 8. The van der Waals surface area contributed by atoms with E-state index in [1.807, 2.05) is 18.3 Å². The van der Waals surface area contributed by atoms with Gasteiger partial charge in [0.15, 0.2) is 0 Å². The molecule has 33 heavy (non-hydrogen) atoms. The van der Waals surface area contributed by atoms with E-state index in [0.717, 1.165) is 30.0 Å². The average molecular weight is 452 g/mol. The molecule has 0 unspecified atom stereocenters. The number of aryl methyl sites for hydroxylation is 1. The van der Waals surface area contributed by atoms with E-state index in [1.165, 1.54) is 95.5 Å². The van der Waals surface area contributed by atoms with Gasteiger partial charge < -0.3 is 0 Å². The van der Waals surface area contributed by atoms with E-state index in [1.54, 1.807) is 6.07 Å². The monoisotopic (exact) mass is 451 g/mol. The van der Waals surface area contributed by atoms with Crippen LogP contribution in [-0.4, -0.2) is 4.98 Å². The first-order valence-corrected chi connectivity index (χ1v) is 14.0. The SMILES string of the molecule is CCCCCCCc1ccc(-c2ccc([C@H]3CC[C@H](CCCCCCC)CC3)cn2)c(F)c1. The molecular weight excluding hydrogens is 405 g/mol. The minimum atomic E-state index is -0.138. The third-order valence-electron chi connectivity index (χ3n) is 7.70. The molecule has 182 valence electrons. The fourth-order valence-electron chi connectivity index (χ4n) is 5.48. The first-order chi connectivity index (χ1) is 16.2. The van der Waals surface area contributed by atoms with Crippen molar-refractivity contribution in [1.82, 2.24) is 4.98 Å². The maximum Gasteiger partial charge on any atom is 0.132 e. The topological polar surface area (TPSA) is 12.9 Å². The predicted molar refractivity (Wildman–Crippen MR) is 140 cm³/mol. The summed E-state index contributed by atoms with van der Waals surface area (Å²) >= 11 is 0. The summed E-state index contributed by atoms with van der Waals surface area (Å²) in [6.45, 7) is 4.52. The molecule has 2 heteroatoms. The molecule has 0 amide bonds. The molecule has 0 aliphatic heterocycles. The van der Waals surface area contributed by atoms with Crippen molar-refractivity contribution in [2.24, 2.45) is 5.92 Å². The summed E-state index contributed by atoms with van der Waals surface area (Å²) in [7, 11) is 0. The molecule has 0 radical (unpaired) electrons. The Morgan fingerprint density at radius 2 is 1.48 bits per heavy atom. The highest BCUT2D eigenvalue weighted by molar-refractivity contribution is 5.60. The summed E-state index contributed by atoms with van der Waals surface area (Å²) in [6, 6.07) is 9.94. The maximum atomic E-state index is 14.8. The van der Waals surface area contributed by atoms with Gasteiger partial charge in [-0.25, -0.2) is 4.39 Å². The highest BCUT2D eigenvalue weighted by atomic mass is 19.1. The van der Waals surface area contributed by atoms with Crippen molar-refractivity contribution in [3.8, 4) is 11.3 Å². The molecule has 1 heterocycles. The van der Waals surface area contributed by atoms with Gasteiger partial charge in [0.25, 0.3) is 0 Å². The lowest BCUT2D eigenvalue weighted by molar-refractivity contribution is 0.301. The van der Waals surface area contributed by atoms with Crippen molar-refractivity contribution >= 4 is 0 Å². The molecule has 1 fully saturated rings. The minimum absolute atomic E-state index is 0.138. The van der Waals surface area contributed by atoms with Crippen LogP contribution in [0.1, 0.15) is 127 Å². The van der Waals surface area contributed by atoms with E-state index < -0.39 is 0 Å². The lowest BCUT2D eigenvalue weighted by Crippen LogP contribution is -2.13. The first kappa shape index (κ1) is 25.9. The summed E-state index contributed by atoms with van der Waals surface area (Å²) < 4.78 is 14.8. The Morgan fingerprint density at radius 1 is 0.788 bits per heavy atom. The van der Waals surface area contributed by atoms with E-state index in [-0.39, 0.29) is 5.82 Å². The van der Waals surface area contributed by atoms with Crippen molar-refractivity contribution in [2.45, 2.75) is 122 Å². The van der Waals surface area contributed by atoms with Gasteiger partial charge in [-0.05, 0) is 79.7 Å². The van der Waals surface area contributed by atoms with Crippen LogP contribution in [0.15, 0.2) is 36.5 Å². The normalized spacial score (nSPS) is 18.5. The Hall–Kier alpha value is -1.70. The molecule has 1 aliphatic rings. The highest BCUT2D eigenvalue weighted by Crippen LogP contribution is 2.38. The second-order valence-corrected chi connectivity index (χ2v) is 10.4. The quantitative estimate of drug-likeness (QED) is 0.260. The first-order valence-electron chi connectivity index (χ1n) is 14.0. The van der Waals surface area contributed by atoms with Crippen LogP contribution in [0, 0.1) is 11.7 Å². The fraction of sp³-hybridized carbons (Fsp3) is 0.645. The van der Waals surface area contributed by atoms with Gasteiger partial charge in [0.05, 0.1) is 5.69 Å². The van der Waals surface area contributed by atoms with Gasteiger partial charge in [-0.15, -0.1) is 0 Å². The number of pyridine rings is 1. The van der Waals surface area contributed by atoms with Crippen LogP contribution in [-0.2, 0) is 6.42 Å². The summed E-state index contributed by atoms with van der Waals surface area (Å²) in [5.41, 5.74) is 3.82. The van der Waals surface area contributed by atoms with Gasteiger partial charge in [-0.3, -0.25) is 4.98 Å². The average Bonchev–Trinajstić information content (AvgIpc) is 2.84. The van der Waals surface area contributed by atoms with Crippen LogP contribution in [0.4, 0.5) is 4.39 Å². The van der Waals surface area contributed by atoms with E-state index >= 15 is 0 Å². The molecule has 2 aromatic rings. The van der Waals surface area contributed by atoms with Crippen LogP contribution in [0.25, 0.3) is 11.3 Å². The number of hydrogen-bond donors (Lipinski definition) is 0. The Kier molecular flexibility index (Phi) is 11.4. The predicted octanol–water partition coefficient (Wildman–Crippen LogP) is 10.0. The molecule has 1 nitrogen and oxygen atoms in total. The van der Waals surface area contributed by atoms with Crippen LogP contribution in [0.3, 0.4) is 0 Å². The summed E-state index contributed by atoms with van der Waals surface area (Å²) in [5, 5.41) is 0. The Bertz CT molecular complexity index is 789. The molecule has 0 N–H and O–H groups in total. The number of benzene rings is 1. The standard InChI is InChI=1S/C31H46FN/c1-3-5-7-9-11-13-25-15-18-27(19-16-25)28-20-22-31(33-24-28)29-21-17-26(23-30(29)32)14-12-10-8-6-4-2/h17,20-25,27H,3-16,18-19H2,1-2H3/t25-,27-. The largest absolute Gasteiger partial charge is 0.256 e. The van der Waals surface area contributed by atoms with Crippen molar-refractivity contribution in [3.63, 3.8) is 0 Å². The highest BCUT2D eigenvalue weighted by Gasteiger charge is 2.22. The number of aromatic nitrogens is 1. The van der Waals surface area contributed by atoms with Gasteiger partial charge in [0, 0.05) is 11.8 Å². The van der Waals surface area contributed by atoms with Crippen molar-refractivity contribution < 1.29 is 4.39 Å². The lowest BCUT2D eigenvalue weighted by Gasteiger charge is -2.28. The van der Waals surface area contributed by atoms with Crippen LogP contribution in [0.5, 0.6) is 0 Å². The van der Waals surface area contributed by atoms with E-state index in [0.29, 0.717) is 11.5 Å². The Morgan fingerprint density at radius 3 is 2.12 bits per heavy atom. The molecule has 0 atom stereocenters. The zero-order chi connectivity index (χ0) is 23.3. The van der Waals surface area contributed by atoms with Crippen LogP contribution < -0.4 is 0 Å². The van der Waals surface area contributed by atoms with Crippen molar-refractivity contribution in [1.29, 1.82) is 0 Å². The zero-order valence-corrected chi connectivity index (χ0v) is 21.3. The third kappa shape index (κ3) is 8.54. The molecule has 1 aliphatic carbocycles. The number of halogens is 1. The third-order valence-corrected chi connectivity index (χ3v) is 7.70. The summed E-state index contributed by atoms with van der Waals surface area (Å²) in [6.07, 6.45) is 22.8. The van der Waals surface area contributed by atoms with E-state index in [9.17, 15) is 4.39 Å². The molecule has 1 aromatic carbocycles. The van der Waals surface area contributed by atoms with Gasteiger partial charge >= 0.3 is 0 Å². The number of nitrogens with zero attached hydrogens (tertiary/aromatic N) is 1. The molecule has 0 saturated heterocycles. The van der Waals surface area contributed by atoms with E-state index in [4.69, 9.17) is 0 Å². The smallest absolute Gasteiger partial charge is 0.132 e. The summed E-state index contributed by atoms with van der Waals surface area (Å²) in [4.78, 5) is 4.67. The molecule has 1 saturated carbocycles. The van der Waals surface area contributed by atoms with Gasteiger partial charge in [-0.2, -0.15) is 0 Å². The van der Waals surface area contributed by atoms with E-state index in [2.05, 4.69) is 31.0 Å². The minimum Gasteiger partial charge on any atom is -0.256 e. The van der Waals surface area contributed by atoms with Gasteiger partial charge in [-0.1, -0.05) is 90.2 Å². The Labute approximate surface area is 202 Å². The second-order valence-electron chi connectivity index (χ2n) is 10.4. The van der Waals surface area contributed by atoms with Crippen molar-refractivity contribution in [3.05, 3.63) is 53.5 Å². The lowest BCUT2D eigenvalue weighted by atomic mass is 9.77. The molecule has 0 bridgehead atoms. The van der Waals surface area contributed by atoms with Crippen molar-refractivity contribution in [2.75, 3.05) is 0 Å². The fourth-order valence-corrected chi connectivity index (χ4v) is 5.48. The number of rotatable bonds is 14. The zero-order valence-electron chi connectivity index (χ0n) is 21.3. The van der Waals surface area contributed by atoms with Gasteiger partial charge in [0.1, 0.15) is 5.82 Å². The van der Waals surface area contributed by atoms with Gasteiger partial charge in [0.2, 0.25) is 0 Å². The Balaban J connectivity index is 1.46. The number of hydrogen-bond acceptors (Lipinski definition) is 1. The molecular formula is C31H46FN. The second kappa shape index (κ2) is 14.5. The molecule has 1 aromatic heterocycles. The maximum absolute atomic E-state index is 14.8. The summed E-state index contributed by atoms with van der Waals surface area (Å²) in [5.74, 6) is 1.41. The van der Waals surface area contributed by atoms with Crippen LogP contribution >= 0.6 is 0 Å². The molecule has 0 spiro atoms. The molecule has 3 rings (SSSR count).